The van der Waals surface area contributed by atoms with Crippen LogP contribution in [0, 0.1) is 0 Å². The zero-order valence-corrected chi connectivity index (χ0v) is 33.5. The van der Waals surface area contributed by atoms with E-state index in [-0.39, 0.29) is 0 Å². The molecule has 0 saturated heterocycles. The van der Waals surface area contributed by atoms with Crippen molar-refractivity contribution in [3.8, 4) is 22.7 Å². The predicted octanol–water partition coefficient (Wildman–Crippen LogP) is 14.0. The molecule has 0 bridgehead atoms. The van der Waals surface area contributed by atoms with Crippen LogP contribution < -0.4 is 4.90 Å². The number of fused-ring (bicyclic) bond motifs is 14. The molecule has 4 aromatic heterocycles. The SMILES string of the molecule is c1ccc(N2Cc3cc(-n4c5ccc(-n6c7ccccc7c7ccccc76)cc5c5cc(-n6c7ccccc7c7ccccc76)ccc54)ccc3-n3c2nc2ccccc23)cc1. The van der Waals surface area contributed by atoms with Crippen LogP contribution in [0.15, 0.2) is 206 Å². The maximum atomic E-state index is 5.18. The summed E-state index contributed by atoms with van der Waals surface area (Å²) in [6, 6.07) is 75.2. The minimum atomic E-state index is 0.698. The second kappa shape index (κ2) is 12.6. The van der Waals surface area contributed by atoms with Crippen molar-refractivity contribution in [1.29, 1.82) is 0 Å². The normalized spacial score (nSPS) is 12.7. The first-order valence-corrected chi connectivity index (χ1v) is 21.3. The van der Waals surface area contributed by atoms with Crippen LogP contribution in [-0.4, -0.2) is 23.3 Å². The molecule has 13 aromatic rings. The lowest BCUT2D eigenvalue weighted by Gasteiger charge is -2.31. The van der Waals surface area contributed by atoms with Gasteiger partial charge in [-0.05, 0) is 109 Å². The van der Waals surface area contributed by atoms with E-state index in [9.17, 15) is 0 Å². The lowest BCUT2D eigenvalue weighted by atomic mass is 10.1. The van der Waals surface area contributed by atoms with Crippen LogP contribution in [0.2, 0.25) is 0 Å². The van der Waals surface area contributed by atoms with E-state index in [1.54, 1.807) is 0 Å². The van der Waals surface area contributed by atoms with Gasteiger partial charge in [0, 0.05) is 55.1 Å². The quantitative estimate of drug-likeness (QED) is 0.178. The van der Waals surface area contributed by atoms with Gasteiger partial charge in [0.15, 0.2) is 0 Å². The molecule has 0 unspecified atom stereocenters. The van der Waals surface area contributed by atoms with Crippen molar-refractivity contribution >= 4 is 88.1 Å². The van der Waals surface area contributed by atoms with Gasteiger partial charge in [-0.1, -0.05) is 103 Å². The molecule has 0 amide bonds. The van der Waals surface area contributed by atoms with Crippen LogP contribution >= 0.6 is 0 Å². The zero-order chi connectivity index (χ0) is 40.5. The molecule has 0 spiro atoms. The van der Waals surface area contributed by atoms with Gasteiger partial charge in [0.1, 0.15) is 0 Å². The van der Waals surface area contributed by atoms with Gasteiger partial charge < -0.3 is 18.6 Å². The van der Waals surface area contributed by atoms with Gasteiger partial charge in [-0.15, -0.1) is 0 Å². The lowest BCUT2D eigenvalue weighted by Crippen LogP contribution is -2.26. The van der Waals surface area contributed by atoms with Gasteiger partial charge >= 0.3 is 0 Å². The van der Waals surface area contributed by atoms with Gasteiger partial charge in [0.05, 0.1) is 56.4 Å². The summed E-state index contributed by atoms with van der Waals surface area (Å²) in [7, 11) is 0. The van der Waals surface area contributed by atoms with Crippen LogP contribution in [0.4, 0.5) is 11.6 Å². The number of hydrogen-bond donors (Lipinski definition) is 0. The van der Waals surface area contributed by atoms with Crippen LogP contribution in [0.5, 0.6) is 0 Å². The number of para-hydroxylation sites is 7. The Labute approximate surface area is 356 Å². The lowest BCUT2D eigenvalue weighted by molar-refractivity contribution is 0.843. The Hall–Kier alpha value is -8.35. The summed E-state index contributed by atoms with van der Waals surface area (Å²) >= 11 is 0. The number of anilines is 2. The van der Waals surface area contributed by atoms with E-state index < -0.39 is 0 Å². The van der Waals surface area contributed by atoms with E-state index >= 15 is 0 Å². The first-order valence-electron chi connectivity index (χ1n) is 21.3. The van der Waals surface area contributed by atoms with E-state index in [1.807, 2.05) is 0 Å². The molecule has 0 saturated carbocycles. The smallest absolute Gasteiger partial charge is 0.216 e. The summed E-state index contributed by atoms with van der Waals surface area (Å²) < 4.78 is 9.64. The Morgan fingerprint density at radius 2 is 0.726 bits per heavy atom. The first-order chi connectivity index (χ1) is 30.8. The molecule has 1 aliphatic heterocycles. The maximum absolute atomic E-state index is 5.18. The third-order valence-electron chi connectivity index (χ3n) is 13.2. The van der Waals surface area contributed by atoms with Crippen molar-refractivity contribution < 1.29 is 0 Å². The van der Waals surface area contributed by atoms with Crippen molar-refractivity contribution in [2.45, 2.75) is 6.54 Å². The van der Waals surface area contributed by atoms with E-state index in [2.05, 4.69) is 229 Å². The highest BCUT2D eigenvalue weighted by atomic mass is 15.3. The number of rotatable bonds is 4. The molecule has 6 nitrogen and oxygen atoms in total. The zero-order valence-electron chi connectivity index (χ0n) is 33.5. The molecular formula is C56H36N6. The summed E-state index contributed by atoms with van der Waals surface area (Å²) in [5.41, 5.74) is 16.1. The van der Waals surface area contributed by atoms with Crippen LogP contribution in [-0.2, 0) is 6.54 Å². The molecule has 0 aliphatic carbocycles. The third-order valence-corrected chi connectivity index (χ3v) is 13.2. The summed E-state index contributed by atoms with van der Waals surface area (Å²) in [4.78, 5) is 7.52. The third kappa shape index (κ3) is 4.60. The molecule has 5 heterocycles. The fourth-order valence-electron chi connectivity index (χ4n) is 10.5. The summed E-state index contributed by atoms with van der Waals surface area (Å²) in [5.74, 6) is 0.935. The van der Waals surface area contributed by atoms with Crippen molar-refractivity contribution in [2.24, 2.45) is 0 Å². The van der Waals surface area contributed by atoms with E-state index in [0.717, 1.165) is 56.5 Å². The van der Waals surface area contributed by atoms with Gasteiger partial charge in [-0.2, -0.15) is 0 Å². The molecule has 6 heteroatoms. The standard InChI is InChI=1S/C56H36N6/c1-2-14-37(15-3-1)58-35-36-32-38(26-29-48(36)62-55-25-13-8-20-47(55)57-56(58)62)59-53-30-27-39(60-49-21-9-4-16-41(49)42-17-5-10-22-50(42)60)33-45(53)46-34-40(28-31-54(46)59)61-51-23-11-6-18-43(51)44-19-7-12-24-52(44)61/h1-34H,35H2. The molecule has 290 valence electrons. The minimum Gasteiger partial charge on any atom is -0.309 e. The van der Waals surface area contributed by atoms with Crippen molar-refractivity contribution in [3.05, 3.63) is 212 Å². The molecule has 9 aromatic carbocycles. The van der Waals surface area contributed by atoms with E-state index in [1.165, 1.54) is 59.9 Å². The van der Waals surface area contributed by atoms with E-state index in [0.29, 0.717) is 6.54 Å². The topological polar surface area (TPSA) is 35.9 Å². The van der Waals surface area contributed by atoms with Crippen molar-refractivity contribution in [1.82, 2.24) is 23.3 Å². The fourth-order valence-corrected chi connectivity index (χ4v) is 10.5. The Morgan fingerprint density at radius 3 is 1.26 bits per heavy atom. The summed E-state index contributed by atoms with van der Waals surface area (Å²) in [6.45, 7) is 0.698. The highest BCUT2D eigenvalue weighted by Crippen LogP contribution is 2.42. The van der Waals surface area contributed by atoms with Crippen LogP contribution in [0.1, 0.15) is 5.56 Å². The van der Waals surface area contributed by atoms with E-state index in [4.69, 9.17) is 4.98 Å². The molecule has 1 aliphatic rings. The largest absolute Gasteiger partial charge is 0.309 e. The highest BCUT2D eigenvalue weighted by Gasteiger charge is 2.28. The fraction of sp³-hybridized carbons (Fsp3) is 0.0179. The van der Waals surface area contributed by atoms with Gasteiger partial charge in [0.25, 0.3) is 0 Å². The van der Waals surface area contributed by atoms with Gasteiger partial charge in [0.2, 0.25) is 5.95 Å². The minimum absolute atomic E-state index is 0.698. The summed E-state index contributed by atoms with van der Waals surface area (Å²) in [6.07, 6.45) is 0. The second-order valence-electron chi connectivity index (χ2n) is 16.4. The predicted molar refractivity (Wildman–Crippen MR) is 256 cm³/mol. The van der Waals surface area contributed by atoms with Gasteiger partial charge in [-0.3, -0.25) is 4.57 Å². The molecular weight excluding hydrogens is 757 g/mol. The Balaban J connectivity index is 1.03. The average molecular weight is 793 g/mol. The van der Waals surface area contributed by atoms with Gasteiger partial charge in [-0.25, -0.2) is 4.98 Å². The molecule has 0 fully saturated rings. The molecule has 0 atom stereocenters. The molecule has 0 radical (unpaired) electrons. The van der Waals surface area contributed by atoms with Crippen molar-refractivity contribution in [2.75, 3.05) is 4.90 Å². The highest BCUT2D eigenvalue weighted by molar-refractivity contribution is 6.14. The maximum Gasteiger partial charge on any atom is 0.216 e. The number of aromatic nitrogens is 5. The average Bonchev–Trinajstić information content (AvgIpc) is 4.08. The number of benzene rings is 9. The number of nitrogens with zero attached hydrogens (tertiary/aromatic N) is 6. The first kappa shape index (κ1) is 33.5. The Morgan fingerprint density at radius 1 is 0.306 bits per heavy atom. The molecule has 0 N–H and O–H groups in total. The van der Waals surface area contributed by atoms with Crippen LogP contribution in [0.3, 0.4) is 0 Å². The van der Waals surface area contributed by atoms with Crippen LogP contribution in [0.25, 0.3) is 99.2 Å². The number of hydrogen-bond acceptors (Lipinski definition) is 2. The monoisotopic (exact) mass is 792 g/mol. The second-order valence-corrected chi connectivity index (χ2v) is 16.4. The Kier molecular flexibility index (Phi) is 6.79. The van der Waals surface area contributed by atoms with Crippen molar-refractivity contribution in [3.63, 3.8) is 0 Å². The summed E-state index contributed by atoms with van der Waals surface area (Å²) in [5, 5.41) is 7.43. The number of imidazole rings is 1. The molecule has 14 rings (SSSR count). The molecule has 62 heavy (non-hydrogen) atoms. The Bertz CT molecular complexity index is 3700.